The Labute approximate surface area is 148 Å². The number of carbonyl (C=O) groups is 3. The van der Waals surface area contributed by atoms with Crippen molar-refractivity contribution in [2.45, 2.75) is 57.7 Å². The highest BCUT2D eigenvalue weighted by molar-refractivity contribution is 5.94. The Morgan fingerprint density at radius 3 is 2.28 bits per heavy atom. The van der Waals surface area contributed by atoms with E-state index in [1.165, 1.54) is 0 Å². The molecule has 7 nitrogen and oxygen atoms in total. The van der Waals surface area contributed by atoms with E-state index in [1.54, 1.807) is 13.8 Å². The minimum Gasteiger partial charge on any atom is -0.481 e. The molecule has 0 aromatic heterocycles. The number of rotatable bonds is 9. The number of amides is 2. The molecular weight excluding hydrogens is 322 g/mol. The van der Waals surface area contributed by atoms with E-state index in [1.807, 2.05) is 37.3 Å². The molecule has 7 heteroatoms. The van der Waals surface area contributed by atoms with Crippen molar-refractivity contribution >= 4 is 17.8 Å². The van der Waals surface area contributed by atoms with Gasteiger partial charge in [-0.15, -0.1) is 0 Å². The quantitative estimate of drug-likeness (QED) is 0.536. The molecule has 0 aliphatic rings. The third kappa shape index (κ3) is 5.86. The van der Waals surface area contributed by atoms with Crippen molar-refractivity contribution in [3.8, 4) is 0 Å². The minimum absolute atomic E-state index is 0.177. The third-order valence-corrected chi connectivity index (χ3v) is 4.25. The maximum absolute atomic E-state index is 12.7. The lowest BCUT2D eigenvalue weighted by molar-refractivity contribution is -0.140. The average molecular weight is 349 g/mol. The zero-order valence-corrected chi connectivity index (χ0v) is 14.9. The van der Waals surface area contributed by atoms with Gasteiger partial charge in [-0.25, -0.2) is 0 Å². The monoisotopic (exact) mass is 349 g/mol. The highest BCUT2D eigenvalue weighted by atomic mass is 16.4. The van der Waals surface area contributed by atoms with Crippen LogP contribution in [0, 0.1) is 0 Å². The summed E-state index contributed by atoms with van der Waals surface area (Å²) >= 11 is 0. The van der Waals surface area contributed by atoms with Crippen LogP contribution in [0.2, 0.25) is 0 Å². The summed E-state index contributed by atoms with van der Waals surface area (Å²) in [6, 6.07) is 8.18. The van der Waals surface area contributed by atoms with Gasteiger partial charge in [0.2, 0.25) is 11.8 Å². The van der Waals surface area contributed by atoms with Gasteiger partial charge in [0.05, 0.1) is 18.5 Å². The Morgan fingerprint density at radius 1 is 1.20 bits per heavy atom. The van der Waals surface area contributed by atoms with Gasteiger partial charge in [-0.3, -0.25) is 14.4 Å². The molecule has 0 heterocycles. The number of nitrogens with two attached hydrogens (primary N) is 1. The van der Waals surface area contributed by atoms with Crippen molar-refractivity contribution in [1.82, 2.24) is 10.6 Å². The fraction of sp³-hybridized carbons (Fsp3) is 0.500. The third-order valence-electron chi connectivity index (χ3n) is 4.25. The molecule has 0 aliphatic carbocycles. The van der Waals surface area contributed by atoms with Crippen molar-refractivity contribution < 1.29 is 19.5 Å². The van der Waals surface area contributed by atoms with Gasteiger partial charge in [0.1, 0.15) is 5.54 Å². The maximum Gasteiger partial charge on any atom is 0.305 e. The highest BCUT2D eigenvalue weighted by Crippen LogP contribution is 2.19. The van der Waals surface area contributed by atoms with Crippen molar-refractivity contribution in [2.24, 2.45) is 5.73 Å². The number of benzene rings is 1. The van der Waals surface area contributed by atoms with Crippen LogP contribution in [0.15, 0.2) is 30.3 Å². The Morgan fingerprint density at radius 2 is 1.80 bits per heavy atom. The van der Waals surface area contributed by atoms with E-state index in [9.17, 15) is 14.4 Å². The first-order valence-corrected chi connectivity index (χ1v) is 8.38. The number of nitrogens with one attached hydrogen (secondary N) is 2. The SMILES string of the molecule is CC[C@H](NC(=O)C(C)(CC)NC(=O)[C@@H](N)CC(=O)O)c1ccccc1. The second kappa shape index (κ2) is 9.17. The molecule has 0 saturated carbocycles. The van der Waals surface area contributed by atoms with E-state index < -0.39 is 29.9 Å². The summed E-state index contributed by atoms with van der Waals surface area (Å²) in [5.74, 6) is -2.16. The molecular formula is C18H27N3O4. The van der Waals surface area contributed by atoms with Crippen molar-refractivity contribution in [3.05, 3.63) is 35.9 Å². The van der Waals surface area contributed by atoms with Gasteiger partial charge in [0.15, 0.2) is 0 Å². The Bertz CT molecular complexity index is 606. The number of carbonyl (C=O) groups excluding carboxylic acids is 2. The van der Waals surface area contributed by atoms with Crippen LogP contribution in [0.5, 0.6) is 0 Å². The summed E-state index contributed by atoms with van der Waals surface area (Å²) in [5.41, 5.74) is 5.38. The maximum atomic E-state index is 12.7. The fourth-order valence-corrected chi connectivity index (χ4v) is 2.38. The zero-order chi connectivity index (χ0) is 19.0. The standard InChI is InChI=1S/C18H27N3O4/c1-4-14(12-9-7-6-8-10-12)20-17(25)18(3,5-2)21-16(24)13(19)11-15(22)23/h6-10,13-14H,4-5,11,19H2,1-3H3,(H,20,25)(H,21,24)(H,22,23)/t13-,14-,18?/m0/s1. The molecule has 1 rings (SSSR count). The van der Waals surface area contributed by atoms with Crippen LogP contribution in [-0.4, -0.2) is 34.5 Å². The molecule has 1 aromatic rings. The summed E-state index contributed by atoms with van der Waals surface area (Å²) < 4.78 is 0. The summed E-state index contributed by atoms with van der Waals surface area (Å²) in [7, 11) is 0. The lowest BCUT2D eigenvalue weighted by atomic mass is 9.95. The normalized spacial score (nSPS) is 15.5. The predicted molar refractivity (Wildman–Crippen MR) is 94.7 cm³/mol. The van der Waals surface area contributed by atoms with E-state index in [0.29, 0.717) is 12.8 Å². The fourth-order valence-electron chi connectivity index (χ4n) is 2.38. The van der Waals surface area contributed by atoms with E-state index in [4.69, 9.17) is 10.8 Å². The van der Waals surface area contributed by atoms with Crippen molar-refractivity contribution in [3.63, 3.8) is 0 Å². The van der Waals surface area contributed by atoms with E-state index in [0.717, 1.165) is 5.56 Å². The topological polar surface area (TPSA) is 122 Å². The molecule has 0 radical (unpaired) electrons. The van der Waals surface area contributed by atoms with E-state index >= 15 is 0 Å². The molecule has 0 fully saturated rings. The molecule has 0 aliphatic heterocycles. The molecule has 138 valence electrons. The summed E-state index contributed by atoms with van der Waals surface area (Å²) in [6.45, 7) is 5.33. The number of hydrogen-bond acceptors (Lipinski definition) is 4. The van der Waals surface area contributed by atoms with Crippen LogP contribution in [0.4, 0.5) is 0 Å². The van der Waals surface area contributed by atoms with Gasteiger partial charge in [-0.05, 0) is 25.3 Å². The summed E-state index contributed by atoms with van der Waals surface area (Å²) in [5, 5.41) is 14.3. The molecule has 3 atom stereocenters. The zero-order valence-electron chi connectivity index (χ0n) is 14.9. The predicted octanol–water partition coefficient (Wildman–Crippen LogP) is 1.34. The van der Waals surface area contributed by atoms with Crippen LogP contribution in [-0.2, 0) is 14.4 Å². The van der Waals surface area contributed by atoms with Crippen LogP contribution in [0.1, 0.15) is 51.6 Å². The molecule has 0 bridgehead atoms. The Balaban J connectivity index is 2.83. The van der Waals surface area contributed by atoms with Crippen LogP contribution >= 0.6 is 0 Å². The summed E-state index contributed by atoms with van der Waals surface area (Å²) in [4.78, 5) is 35.5. The van der Waals surface area contributed by atoms with Gasteiger partial charge in [-0.1, -0.05) is 44.2 Å². The Hall–Kier alpha value is -2.41. The second-order valence-electron chi connectivity index (χ2n) is 6.22. The van der Waals surface area contributed by atoms with Crippen LogP contribution < -0.4 is 16.4 Å². The number of aliphatic carboxylic acids is 1. The lowest BCUT2D eigenvalue weighted by Crippen LogP contribution is -2.60. The molecule has 2 amide bonds. The Kier molecular flexibility index (Phi) is 7.57. The molecule has 0 spiro atoms. The van der Waals surface area contributed by atoms with Gasteiger partial charge in [0.25, 0.3) is 0 Å². The molecule has 5 N–H and O–H groups in total. The molecule has 25 heavy (non-hydrogen) atoms. The average Bonchev–Trinajstić information content (AvgIpc) is 2.59. The first-order valence-electron chi connectivity index (χ1n) is 8.38. The largest absolute Gasteiger partial charge is 0.481 e. The first kappa shape index (κ1) is 20.6. The van der Waals surface area contributed by atoms with Crippen molar-refractivity contribution in [2.75, 3.05) is 0 Å². The smallest absolute Gasteiger partial charge is 0.305 e. The van der Waals surface area contributed by atoms with Crippen molar-refractivity contribution in [1.29, 1.82) is 0 Å². The summed E-state index contributed by atoms with van der Waals surface area (Å²) in [6.07, 6.45) is 0.548. The highest BCUT2D eigenvalue weighted by Gasteiger charge is 2.35. The van der Waals surface area contributed by atoms with Gasteiger partial charge in [0, 0.05) is 0 Å². The number of carboxylic acids is 1. The minimum atomic E-state index is -1.20. The lowest BCUT2D eigenvalue weighted by Gasteiger charge is -2.31. The van der Waals surface area contributed by atoms with Crippen LogP contribution in [0.3, 0.4) is 0 Å². The van der Waals surface area contributed by atoms with E-state index in [2.05, 4.69) is 10.6 Å². The van der Waals surface area contributed by atoms with Gasteiger partial charge in [-0.2, -0.15) is 0 Å². The number of carboxylic acid groups (broad SMARTS) is 1. The van der Waals surface area contributed by atoms with Gasteiger partial charge < -0.3 is 21.5 Å². The molecule has 1 aromatic carbocycles. The van der Waals surface area contributed by atoms with Crippen LogP contribution in [0.25, 0.3) is 0 Å². The van der Waals surface area contributed by atoms with Gasteiger partial charge >= 0.3 is 5.97 Å². The second-order valence-corrected chi connectivity index (χ2v) is 6.22. The molecule has 1 unspecified atom stereocenters. The first-order chi connectivity index (χ1) is 11.7. The molecule has 0 saturated heterocycles. The van der Waals surface area contributed by atoms with E-state index in [-0.39, 0.29) is 11.9 Å². The number of hydrogen-bond donors (Lipinski definition) is 4.